The summed E-state index contributed by atoms with van der Waals surface area (Å²) in [5.74, 6) is 0.893. The summed E-state index contributed by atoms with van der Waals surface area (Å²) >= 11 is 0. The zero-order chi connectivity index (χ0) is 16.7. The molecule has 118 valence electrons. The van der Waals surface area contributed by atoms with E-state index in [9.17, 15) is 0 Å². The average molecular weight is 313 g/mol. The van der Waals surface area contributed by atoms with Gasteiger partial charge in [0.05, 0.1) is 12.8 Å². The fraction of sp³-hybridized carbons (Fsp3) is 0.136. The molecule has 1 heterocycles. The van der Waals surface area contributed by atoms with Crippen LogP contribution in [0, 0.1) is 13.8 Å². The first-order chi connectivity index (χ1) is 11.7. The summed E-state index contributed by atoms with van der Waals surface area (Å²) in [5, 5.41) is 4.67. The molecule has 2 nitrogen and oxygen atoms in total. The van der Waals surface area contributed by atoms with Gasteiger partial charge in [0.1, 0.15) is 5.75 Å². The molecule has 0 fully saturated rings. The van der Waals surface area contributed by atoms with Crippen molar-refractivity contribution in [1.29, 1.82) is 0 Å². The summed E-state index contributed by atoms with van der Waals surface area (Å²) in [5.41, 5.74) is 4.69. The second-order valence-electron chi connectivity index (χ2n) is 6.26. The molecule has 24 heavy (non-hydrogen) atoms. The minimum absolute atomic E-state index is 0.893. The van der Waals surface area contributed by atoms with Crippen LogP contribution in [0.1, 0.15) is 11.1 Å². The van der Waals surface area contributed by atoms with Gasteiger partial charge in [0.2, 0.25) is 0 Å². The van der Waals surface area contributed by atoms with Crippen LogP contribution in [-0.2, 0) is 0 Å². The summed E-state index contributed by atoms with van der Waals surface area (Å²) in [6, 6.07) is 19.1. The van der Waals surface area contributed by atoms with Gasteiger partial charge in [0.15, 0.2) is 0 Å². The van der Waals surface area contributed by atoms with Crippen molar-refractivity contribution in [3.8, 4) is 17.0 Å². The predicted octanol–water partition coefficient (Wildman–Crippen LogP) is 5.68. The first kappa shape index (κ1) is 14.7. The first-order valence-electron chi connectivity index (χ1n) is 8.10. The third-order valence-corrected chi connectivity index (χ3v) is 4.46. The van der Waals surface area contributed by atoms with E-state index in [-0.39, 0.29) is 0 Å². The molecule has 0 aliphatic rings. The number of benzene rings is 3. The Bertz CT molecular complexity index is 1050. The molecule has 0 bridgehead atoms. The van der Waals surface area contributed by atoms with Crippen LogP contribution >= 0.6 is 0 Å². The van der Waals surface area contributed by atoms with Crippen molar-refractivity contribution < 1.29 is 4.74 Å². The summed E-state index contributed by atoms with van der Waals surface area (Å²) in [6.07, 6.45) is 1.89. The van der Waals surface area contributed by atoms with Crippen LogP contribution in [0.15, 0.2) is 60.8 Å². The molecular weight excluding hydrogens is 294 g/mol. The smallest absolute Gasteiger partial charge is 0.126 e. The molecule has 1 aromatic heterocycles. The maximum Gasteiger partial charge on any atom is 0.126 e. The molecule has 4 rings (SSSR count). The van der Waals surface area contributed by atoms with Gasteiger partial charge in [-0.1, -0.05) is 41.5 Å². The highest BCUT2D eigenvalue weighted by atomic mass is 16.5. The topological polar surface area (TPSA) is 22.1 Å². The van der Waals surface area contributed by atoms with Crippen molar-refractivity contribution in [2.24, 2.45) is 0 Å². The van der Waals surface area contributed by atoms with Gasteiger partial charge in [-0.15, -0.1) is 0 Å². The van der Waals surface area contributed by atoms with Crippen LogP contribution < -0.4 is 4.74 Å². The molecule has 0 spiro atoms. The predicted molar refractivity (Wildman–Crippen MR) is 101 cm³/mol. The maximum atomic E-state index is 5.54. The molecule has 0 N–H and O–H groups in total. The van der Waals surface area contributed by atoms with E-state index in [2.05, 4.69) is 56.3 Å². The molecule has 0 aliphatic carbocycles. The zero-order valence-electron chi connectivity index (χ0n) is 14.1. The number of aromatic nitrogens is 1. The third kappa shape index (κ3) is 2.31. The Morgan fingerprint density at radius 3 is 2.38 bits per heavy atom. The lowest BCUT2D eigenvalue weighted by molar-refractivity contribution is 0.420. The van der Waals surface area contributed by atoms with Gasteiger partial charge in [0, 0.05) is 22.5 Å². The van der Waals surface area contributed by atoms with Gasteiger partial charge in [-0.2, -0.15) is 0 Å². The lowest BCUT2D eigenvalue weighted by Crippen LogP contribution is -1.91. The number of methoxy groups -OCH3 is 1. The van der Waals surface area contributed by atoms with Crippen LogP contribution in [0.3, 0.4) is 0 Å². The van der Waals surface area contributed by atoms with Gasteiger partial charge in [0.25, 0.3) is 0 Å². The Balaban J connectivity index is 2.14. The van der Waals surface area contributed by atoms with E-state index in [1.807, 2.05) is 18.3 Å². The number of pyridine rings is 1. The van der Waals surface area contributed by atoms with Gasteiger partial charge in [-0.25, -0.2) is 0 Å². The maximum absolute atomic E-state index is 5.54. The van der Waals surface area contributed by atoms with Crippen molar-refractivity contribution in [1.82, 2.24) is 4.98 Å². The lowest BCUT2D eigenvalue weighted by Gasteiger charge is -2.12. The molecule has 0 amide bonds. The minimum Gasteiger partial charge on any atom is -0.496 e. The van der Waals surface area contributed by atoms with Gasteiger partial charge >= 0.3 is 0 Å². The lowest BCUT2D eigenvalue weighted by atomic mass is 9.96. The van der Waals surface area contributed by atoms with Crippen molar-refractivity contribution in [3.63, 3.8) is 0 Å². The van der Waals surface area contributed by atoms with E-state index in [0.717, 1.165) is 22.4 Å². The van der Waals surface area contributed by atoms with E-state index in [4.69, 9.17) is 9.72 Å². The summed E-state index contributed by atoms with van der Waals surface area (Å²) < 4.78 is 5.54. The first-order valence-corrected chi connectivity index (χ1v) is 8.10. The Morgan fingerprint density at radius 2 is 1.62 bits per heavy atom. The van der Waals surface area contributed by atoms with Crippen LogP contribution in [0.25, 0.3) is 32.8 Å². The molecule has 0 unspecified atom stereocenters. The van der Waals surface area contributed by atoms with Crippen molar-refractivity contribution in [3.05, 3.63) is 71.9 Å². The highest BCUT2D eigenvalue weighted by Gasteiger charge is 2.11. The van der Waals surface area contributed by atoms with E-state index in [1.165, 1.54) is 27.3 Å². The van der Waals surface area contributed by atoms with Crippen molar-refractivity contribution in [2.75, 3.05) is 7.11 Å². The highest BCUT2D eigenvalue weighted by molar-refractivity contribution is 6.14. The number of fused-ring (bicyclic) bond motifs is 3. The number of rotatable bonds is 2. The Morgan fingerprint density at radius 1 is 0.833 bits per heavy atom. The van der Waals surface area contributed by atoms with Gasteiger partial charge < -0.3 is 4.74 Å². The van der Waals surface area contributed by atoms with Crippen LogP contribution in [0.5, 0.6) is 5.75 Å². The number of aryl methyl sites for hydroxylation is 2. The number of ether oxygens (including phenoxy) is 1. The number of hydrogen-bond acceptors (Lipinski definition) is 2. The second-order valence-corrected chi connectivity index (χ2v) is 6.26. The van der Waals surface area contributed by atoms with Crippen LogP contribution in [0.4, 0.5) is 0 Å². The molecule has 0 saturated heterocycles. The fourth-order valence-corrected chi connectivity index (χ4v) is 3.51. The average Bonchev–Trinajstić information content (AvgIpc) is 2.59. The van der Waals surface area contributed by atoms with E-state index >= 15 is 0 Å². The summed E-state index contributed by atoms with van der Waals surface area (Å²) in [7, 11) is 1.72. The van der Waals surface area contributed by atoms with Crippen LogP contribution in [0.2, 0.25) is 0 Å². The third-order valence-electron chi connectivity index (χ3n) is 4.46. The van der Waals surface area contributed by atoms with Crippen LogP contribution in [-0.4, -0.2) is 12.1 Å². The summed E-state index contributed by atoms with van der Waals surface area (Å²) in [6.45, 7) is 4.26. The van der Waals surface area contributed by atoms with Gasteiger partial charge in [-0.3, -0.25) is 4.98 Å². The van der Waals surface area contributed by atoms with E-state index in [1.54, 1.807) is 7.11 Å². The van der Waals surface area contributed by atoms with Gasteiger partial charge in [-0.05, 0) is 48.9 Å². The Hall–Kier alpha value is -2.87. The van der Waals surface area contributed by atoms with E-state index < -0.39 is 0 Å². The monoisotopic (exact) mass is 313 g/mol. The quantitative estimate of drug-likeness (QED) is 0.444. The van der Waals surface area contributed by atoms with E-state index in [0.29, 0.717) is 0 Å². The molecule has 0 atom stereocenters. The minimum atomic E-state index is 0.893. The molecule has 0 radical (unpaired) electrons. The number of hydrogen-bond donors (Lipinski definition) is 0. The summed E-state index contributed by atoms with van der Waals surface area (Å²) in [4.78, 5) is 4.72. The fourth-order valence-electron chi connectivity index (χ4n) is 3.51. The Kier molecular flexibility index (Phi) is 3.46. The Labute approximate surface area is 141 Å². The largest absolute Gasteiger partial charge is 0.496 e. The standard InChI is InChI=1S/C22H19NO/c1-14-11-15(2)13-17(12-14)22-21-16(9-10-23-22)7-8-18-19(21)5-4-6-20(18)24-3/h4-13H,1-3H3. The highest BCUT2D eigenvalue weighted by Crippen LogP contribution is 2.36. The SMILES string of the molecule is COc1cccc2c1ccc1ccnc(-c3cc(C)cc(C)c3)c12. The molecule has 3 aromatic carbocycles. The van der Waals surface area contributed by atoms with Crippen molar-refractivity contribution >= 4 is 21.5 Å². The number of nitrogens with zero attached hydrogens (tertiary/aromatic N) is 1. The molecule has 0 saturated carbocycles. The zero-order valence-corrected chi connectivity index (χ0v) is 14.1. The second kappa shape index (κ2) is 5.64. The molecule has 0 aliphatic heterocycles. The molecule has 4 aromatic rings. The molecular formula is C22H19NO. The molecule has 2 heteroatoms. The normalized spacial score (nSPS) is 11.1. The van der Waals surface area contributed by atoms with Crippen molar-refractivity contribution in [2.45, 2.75) is 13.8 Å².